The van der Waals surface area contributed by atoms with Crippen LogP contribution in [-0.4, -0.2) is 16.4 Å². The Morgan fingerprint density at radius 2 is 1.91 bits per heavy atom. The average Bonchev–Trinajstić information content (AvgIpc) is 2.49. The van der Waals surface area contributed by atoms with E-state index in [2.05, 4.69) is 5.32 Å². The topological polar surface area (TPSA) is 46.2 Å². The van der Waals surface area contributed by atoms with Crippen LogP contribution < -0.4 is 5.32 Å². The van der Waals surface area contributed by atoms with Crippen molar-refractivity contribution in [1.82, 2.24) is 5.32 Å². The summed E-state index contributed by atoms with van der Waals surface area (Å²) in [6.45, 7) is 1.69. The third-order valence-corrected chi connectivity index (χ3v) is 4.09. The minimum absolute atomic E-state index is 0.328. The van der Waals surface area contributed by atoms with Crippen LogP contribution in [0.4, 0.5) is 8.78 Å². The molecule has 0 saturated carbocycles. The Labute approximate surface area is 136 Å². The number of halogens is 2. The van der Waals surface area contributed by atoms with Crippen LogP contribution in [0.1, 0.15) is 34.5 Å². The van der Waals surface area contributed by atoms with Crippen LogP contribution in [0, 0.1) is 11.6 Å². The molecule has 2 unspecified atom stereocenters. The van der Waals surface area contributed by atoms with Crippen LogP contribution in [0.3, 0.4) is 0 Å². The average molecular weight is 337 g/mol. The van der Waals surface area contributed by atoms with Gasteiger partial charge < -0.3 is 5.32 Å². The highest BCUT2D eigenvalue weighted by Gasteiger charge is 2.14. The summed E-state index contributed by atoms with van der Waals surface area (Å²) >= 11 is 0. The van der Waals surface area contributed by atoms with Crippen molar-refractivity contribution in [3.8, 4) is 0 Å². The molecule has 0 saturated heterocycles. The molecule has 6 heteroatoms. The van der Waals surface area contributed by atoms with Gasteiger partial charge in [-0.05, 0) is 42.3 Å². The van der Waals surface area contributed by atoms with Gasteiger partial charge in [-0.1, -0.05) is 18.2 Å². The first kappa shape index (κ1) is 17.3. The number of amides is 1. The van der Waals surface area contributed by atoms with Gasteiger partial charge in [0.15, 0.2) is 11.6 Å². The van der Waals surface area contributed by atoms with Crippen molar-refractivity contribution in [2.24, 2.45) is 0 Å². The van der Waals surface area contributed by atoms with Crippen molar-refractivity contribution >= 4 is 16.7 Å². The molecule has 0 aliphatic carbocycles. The van der Waals surface area contributed by atoms with Crippen LogP contribution in [0.2, 0.25) is 0 Å². The van der Waals surface area contributed by atoms with E-state index in [1.54, 1.807) is 37.4 Å². The molecule has 2 atom stereocenters. The molecular weight excluding hydrogens is 320 g/mol. The minimum Gasteiger partial charge on any atom is -0.346 e. The second-order valence-corrected chi connectivity index (χ2v) is 6.72. The predicted molar refractivity (Wildman–Crippen MR) is 86.5 cm³/mol. The van der Waals surface area contributed by atoms with Gasteiger partial charge in [-0.3, -0.25) is 9.00 Å². The number of carbonyl (C=O) groups excluding carboxylic acids is 1. The van der Waals surface area contributed by atoms with Crippen molar-refractivity contribution in [2.45, 2.75) is 18.7 Å². The summed E-state index contributed by atoms with van der Waals surface area (Å²) in [4.78, 5) is 12.3. The maximum absolute atomic E-state index is 13.3. The predicted octanol–water partition coefficient (Wildman–Crippen LogP) is 3.33. The summed E-state index contributed by atoms with van der Waals surface area (Å²) in [6.07, 6.45) is 1.60. The molecule has 122 valence electrons. The van der Waals surface area contributed by atoms with Crippen molar-refractivity contribution in [1.29, 1.82) is 0 Å². The van der Waals surface area contributed by atoms with E-state index in [9.17, 15) is 17.8 Å². The van der Waals surface area contributed by atoms with E-state index in [0.29, 0.717) is 16.9 Å². The van der Waals surface area contributed by atoms with Gasteiger partial charge >= 0.3 is 0 Å². The lowest BCUT2D eigenvalue weighted by atomic mass is 10.1. The van der Waals surface area contributed by atoms with Gasteiger partial charge in [-0.2, -0.15) is 0 Å². The van der Waals surface area contributed by atoms with Crippen molar-refractivity contribution in [3.63, 3.8) is 0 Å². The molecule has 0 aliphatic rings. The maximum Gasteiger partial charge on any atom is 0.251 e. The second kappa shape index (κ2) is 7.46. The molecule has 0 aliphatic heterocycles. The third kappa shape index (κ3) is 4.69. The molecule has 0 spiro atoms. The van der Waals surface area contributed by atoms with E-state index in [4.69, 9.17) is 0 Å². The largest absolute Gasteiger partial charge is 0.346 e. The van der Waals surface area contributed by atoms with Gasteiger partial charge in [0.05, 0.1) is 6.04 Å². The Bertz CT molecular complexity index is 749. The van der Waals surface area contributed by atoms with E-state index in [-0.39, 0.29) is 5.91 Å². The fourth-order valence-corrected chi connectivity index (χ4v) is 2.83. The second-order valence-electron chi connectivity index (χ2n) is 5.29. The Kier molecular flexibility index (Phi) is 5.60. The van der Waals surface area contributed by atoms with Gasteiger partial charge in [0, 0.05) is 28.4 Å². The normalized spacial score (nSPS) is 13.4. The molecule has 2 aromatic carbocycles. The molecule has 1 amide bonds. The Balaban J connectivity index is 2.11. The Morgan fingerprint density at radius 1 is 1.17 bits per heavy atom. The number of rotatable bonds is 5. The van der Waals surface area contributed by atoms with Crippen molar-refractivity contribution < 1.29 is 17.8 Å². The van der Waals surface area contributed by atoms with Crippen LogP contribution in [0.15, 0.2) is 42.5 Å². The zero-order valence-corrected chi connectivity index (χ0v) is 13.6. The smallest absolute Gasteiger partial charge is 0.251 e. The minimum atomic E-state index is -0.992. The summed E-state index contributed by atoms with van der Waals surface area (Å²) < 4.78 is 37.5. The zero-order valence-electron chi connectivity index (χ0n) is 12.8. The van der Waals surface area contributed by atoms with Gasteiger partial charge in [-0.25, -0.2) is 8.78 Å². The summed E-state index contributed by atoms with van der Waals surface area (Å²) in [6, 6.07) is 9.91. The fraction of sp³-hybridized carbons (Fsp3) is 0.235. The Morgan fingerprint density at radius 3 is 2.57 bits per heavy atom. The molecule has 0 aromatic heterocycles. The summed E-state index contributed by atoms with van der Waals surface area (Å²) in [5.74, 6) is -1.82. The van der Waals surface area contributed by atoms with E-state index >= 15 is 0 Å². The van der Waals surface area contributed by atoms with Crippen molar-refractivity contribution in [2.75, 3.05) is 6.26 Å². The van der Waals surface area contributed by atoms with Gasteiger partial charge in [-0.15, -0.1) is 0 Å². The van der Waals surface area contributed by atoms with E-state index in [0.717, 1.165) is 17.7 Å². The van der Waals surface area contributed by atoms with Crippen LogP contribution in [-0.2, 0) is 16.6 Å². The molecular formula is C17H17F2NO2S. The molecule has 0 radical (unpaired) electrons. The SMILES string of the molecule is CC(NC(=O)c1cccc(CS(C)=O)c1)c1ccc(F)c(F)c1. The third-order valence-electron chi connectivity index (χ3n) is 3.35. The number of hydrogen-bond acceptors (Lipinski definition) is 2. The summed E-state index contributed by atoms with van der Waals surface area (Å²) in [5.41, 5.74) is 1.71. The first-order chi connectivity index (χ1) is 10.9. The standard InChI is InChI=1S/C17H17F2NO2S/c1-11(13-6-7-15(18)16(19)9-13)20-17(21)14-5-3-4-12(8-14)10-23(2)22/h3-9,11H,10H2,1-2H3,(H,20,21). The quantitative estimate of drug-likeness (QED) is 0.910. The molecule has 2 rings (SSSR count). The summed E-state index contributed by atoms with van der Waals surface area (Å²) in [5, 5.41) is 2.74. The first-order valence-corrected chi connectivity index (χ1v) is 8.74. The van der Waals surface area contributed by atoms with E-state index in [1.807, 2.05) is 0 Å². The van der Waals surface area contributed by atoms with Gasteiger partial charge in [0.2, 0.25) is 0 Å². The molecule has 0 fully saturated rings. The van der Waals surface area contributed by atoms with Crippen LogP contribution in [0.5, 0.6) is 0 Å². The molecule has 1 N–H and O–H groups in total. The molecule has 2 aromatic rings. The van der Waals surface area contributed by atoms with Gasteiger partial charge in [0.25, 0.3) is 5.91 Å². The molecule has 23 heavy (non-hydrogen) atoms. The zero-order chi connectivity index (χ0) is 17.0. The van der Waals surface area contributed by atoms with Crippen molar-refractivity contribution in [3.05, 3.63) is 70.8 Å². The number of nitrogens with one attached hydrogen (secondary N) is 1. The number of hydrogen-bond donors (Lipinski definition) is 1. The van der Waals surface area contributed by atoms with Crippen LogP contribution in [0.25, 0.3) is 0 Å². The highest BCUT2D eigenvalue weighted by molar-refractivity contribution is 7.83. The van der Waals surface area contributed by atoms with E-state index < -0.39 is 28.5 Å². The monoisotopic (exact) mass is 337 g/mol. The number of benzene rings is 2. The highest BCUT2D eigenvalue weighted by atomic mass is 32.2. The molecule has 0 bridgehead atoms. The first-order valence-electron chi connectivity index (χ1n) is 7.01. The maximum atomic E-state index is 13.3. The lowest BCUT2D eigenvalue weighted by Crippen LogP contribution is -2.26. The summed E-state index contributed by atoms with van der Waals surface area (Å²) in [7, 11) is -0.992. The molecule has 0 heterocycles. The fourth-order valence-electron chi connectivity index (χ4n) is 2.18. The molecule has 3 nitrogen and oxygen atoms in total. The number of carbonyl (C=O) groups is 1. The van der Waals surface area contributed by atoms with Crippen LogP contribution >= 0.6 is 0 Å². The lowest BCUT2D eigenvalue weighted by Gasteiger charge is -2.15. The Hall–Kier alpha value is -2.08. The highest BCUT2D eigenvalue weighted by Crippen LogP contribution is 2.17. The van der Waals surface area contributed by atoms with E-state index in [1.165, 1.54) is 6.07 Å². The lowest BCUT2D eigenvalue weighted by molar-refractivity contribution is 0.0939. The van der Waals surface area contributed by atoms with Gasteiger partial charge in [0.1, 0.15) is 0 Å².